The Morgan fingerprint density at radius 1 is 1.13 bits per heavy atom. The van der Waals surface area contributed by atoms with E-state index >= 15 is 0 Å². The van der Waals surface area contributed by atoms with Crippen LogP contribution >= 0.6 is 11.3 Å². The van der Waals surface area contributed by atoms with Crippen LogP contribution < -0.4 is 15.1 Å². The molecule has 196 valence electrons. The zero-order valence-corrected chi connectivity index (χ0v) is 22.7. The van der Waals surface area contributed by atoms with Crippen LogP contribution in [0.5, 0.6) is 5.75 Å². The lowest BCUT2D eigenvalue weighted by atomic mass is 9.97. The Morgan fingerprint density at radius 2 is 1.92 bits per heavy atom. The SMILES string of the molecule is CCCOc1cccc(C2c3c(oc4cc(C)cc(C)c4c3=O)C(=O)N2c2nc(C)c(C(=O)OCC)s2)c1. The molecular formula is C29H28N2O6S. The van der Waals surface area contributed by atoms with Gasteiger partial charge in [-0.15, -0.1) is 0 Å². The van der Waals surface area contributed by atoms with Crippen molar-refractivity contribution >= 4 is 39.3 Å². The minimum atomic E-state index is -0.815. The van der Waals surface area contributed by atoms with Crippen LogP contribution in [0.3, 0.4) is 0 Å². The summed E-state index contributed by atoms with van der Waals surface area (Å²) in [5.41, 5.74) is 3.16. The van der Waals surface area contributed by atoms with E-state index in [0.717, 1.165) is 28.9 Å². The smallest absolute Gasteiger partial charge is 0.350 e. The van der Waals surface area contributed by atoms with Crippen molar-refractivity contribution in [1.82, 2.24) is 4.98 Å². The van der Waals surface area contributed by atoms with Crippen molar-refractivity contribution in [2.75, 3.05) is 18.1 Å². The molecule has 0 spiro atoms. The Hall–Kier alpha value is -3.98. The van der Waals surface area contributed by atoms with Crippen LogP contribution in [0.15, 0.2) is 45.6 Å². The average molecular weight is 533 g/mol. The van der Waals surface area contributed by atoms with E-state index in [1.54, 1.807) is 19.9 Å². The van der Waals surface area contributed by atoms with E-state index in [0.29, 0.717) is 39.5 Å². The number of carbonyl (C=O) groups excluding carboxylic acids is 2. The lowest BCUT2D eigenvalue weighted by Crippen LogP contribution is -2.29. The van der Waals surface area contributed by atoms with E-state index in [1.807, 2.05) is 51.1 Å². The van der Waals surface area contributed by atoms with Crippen molar-refractivity contribution < 1.29 is 23.5 Å². The van der Waals surface area contributed by atoms with Crippen LogP contribution in [0.25, 0.3) is 11.0 Å². The fourth-order valence-corrected chi connectivity index (χ4v) is 5.83. The quantitative estimate of drug-likeness (QED) is 0.274. The largest absolute Gasteiger partial charge is 0.494 e. The van der Waals surface area contributed by atoms with Gasteiger partial charge >= 0.3 is 5.97 Å². The van der Waals surface area contributed by atoms with Gasteiger partial charge in [-0.1, -0.05) is 36.5 Å². The first-order chi connectivity index (χ1) is 18.2. The van der Waals surface area contributed by atoms with E-state index in [1.165, 1.54) is 4.90 Å². The van der Waals surface area contributed by atoms with Gasteiger partial charge in [0.2, 0.25) is 5.76 Å². The maximum Gasteiger partial charge on any atom is 0.350 e. The van der Waals surface area contributed by atoms with Gasteiger partial charge in [0, 0.05) is 0 Å². The summed E-state index contributed by atoms with van der Waals surface area (Å²) in [6.07, 6.45) is 0.838. The van der Waals surface area contributed by atoms with Crippen LogP contribution in [-0.4, -0.2) is 30.1 Å². The third-order valence-electron chi connectivity index (χ3n) is 6.42. The summed E-state index contributed by atoms with van der Waals surface area (Å²) in [6.45, 7) is 9.96. The van der Waals surface area contributed by atoms with Crippen molar-refractivity contribution in [2.24, 2.45) is 0 Å². The van der Waals surface area contributed by atoms with E-state index in [4.69, 9.17) is 13.9 Å². The molecule has 1 atom stereocenters. The molecule has 1 aliphatic heterocycles. The second kappa shape index (κ2) is 10.1. The maximum atomic E-state index is 14.0. The van der Waals surface area contributed by atoms with Crippen molar-refractivity contribution in [2.45, 2.75) is 47.1 Å². The summed E-state index contributed by atoms with van der Waals surface area (Å²) in [5, 5.41) is 0.720. The predicted octanol–water partition coefficient (Wildman–Crippen LogP) is 5.89. The zero-order valence-electron chi connectivity index (χ0n) is 21.9. The molecule has 0 radical (unpaired) electrons. The zero-order chi connectivity index (χ0) is 27.1. The molecular weight excluding hydrogens is 504 g/mol. The van der Waals surface area contributed by atoms with E-state index < -0.39 is 17.9 Å². The van der Waals surface area contributed by atoms with E-state index in [9.17, 15) is 14.4 Å². The molecule has 8 nitrogen and oxygen atoms in total. The van der Waals surface area contributed by atoms with Crippen molar-refractivity contribution in [3.05, 3.63) is 85.2 Å². The Balaban J connectivity index is 1.75. The van der Waals surface area contributed by atoms with Crippen LogP contribution in [0, 0.1) is 20.8 Å². The third kappa shape index (κ3) is 4.26. The van der Waals surface area contributed by atoms with Gasteiger partial charge in [0.25, 0.3) is 5.91 Å². The highest BCUT2D eigenvalue weighted by Gasteiger charge is 2.45. The predicted molar refractivity (Wildman–Crippen MR) is 146 cm³/mol. The van der Waals surface area contributed by atoms with Gasteiger partial charge in [-0.2, -0.15) is 0 Å². The Labute approximate surface area is 223 Å². The molecule has 38 heavy (non-hydrogen) atoms. The van der Waals surface area contributed by atoms with Crippen molar-refractivity contribution in [3.8, 4) is 5.75 Å². The molecule has 0 fully saturated rings. The van der Waals surface area contributed by atoms with E-state index in [2.05, 4.69) is 4.98 Å². The second-order valence-electron chi connectivity index (χ2n) is 9.26. The number of benzene rings is 2. The summed E-state index contributed by atoms with van der Waals surface area (Å²) in [4.78, 5) is 46.8. The summed E-state index contributed by atoms with van der Waals surface area (Å²) < 4.78 is 17.2. The van der Waals surface area contributed by atoms with Crippen molar-refractivity contribution in [1.29, 1.82) is 0 Å². The standard InChI is InChI=1S/C29H28N2O6S/c1-6-11-36-19-10-8-9-18(14-19)23-22-24(32)21-16(4)12-15(3)13-20(21)37-25(22)27(33)31(23)29-30-17(5)26(38-29)28(34)35-7-2/h8-10,12-14,23H,6-7,11H2,1-5H3. The molecule has 3 heterocycles. The molecule has 1 aliphatic rings. The molecule has 1 amide bonds. The normalized spacial score (nSPS) is 14.7. The fraction of sp³-hybridized carbons (Fsp3) is 0.310. The topological polar surface area (TPSA) is 98.9 Å². The number of aromatic nitrogens is 1. The molecule has 0 saturated heterocycles. The minimum absolute atomic E-state index is 0.0251. The number of nitrogens with zero attached hydrogens (tertiary/aromatic N) is 2. The minimum Gasteiger partial charge on any atom is -0.494 e. The molecule has 0 bridgehead atoms. The molecule has 4 aromatic rings. The summed E-state index contributed by atoms with van der Waals surface area (Å²) in [7, 11) is 0. The Bertz CT molecular complexity index is 1640. The highest BCUT2D eigenvalue weighted by Crippen LogP contribution is 2.44. The fourth-order valence-electron chi connectivity index (χ4n) is 4.84. The van der Waals surface area contributed by atoms with Gasteiger partial charge < -0.3 is 13.9 Å². The first kappa shape index (κ1) is 25.7. The number of hydrogen-bond donors (Lipinski definition) is 0. The maximum absolute atomic E-state index is 14.0. The Kier molecular flexibility index (Phi) is 6.79. The van der Waals surface area contributed by atoms with Gasteiger partial charge in [0.05, 0.1) is 35.9 Å². The third-order valence-corrected chi connectivity index (χ3v) is 7.55. The number of esters is 1. The average Bonchev–Trinajstić information content (AvgIpc) is 3.40. The molecule has 9 heteroatoms. The van der Waals surface area contributed by atoms with Crippen LogP contribution in [0.1, 0.15) is 74.5 Å². The van der Waals surface area contributed by atoms with Crippen LogP contribution in [0.2, 0.25) is 0 Å². The lowest BCUT2D eigenvalue weighted by Gasteiger charge is -2.23. The molecule has 1 unspecified atom stereocenters. The lowest BCUT2D eigenvalue weighted by molar-refractivity contribution is 0.0531. The summed E-state index contributed by atoms with van der Waals surface area (Å²) >= 11 is 1.06. The van der Waals surface area contributed by atoms with Gasteiger partial charge in [0.15, 0.2) is 10.6 Å². The number of anilines is 1. The van der Waals surface area contributed by atoms with Crippen molar-refractivity contribution in [3.63, 3.8) is 0 Å². The molecule has 0 saturated carbocycles. The van der Waals surface area contributed by atoms with Crippen LogP contribution in [0.4, 0.5) is 5.13 Å². The molecule has 2 aromatic heterocycles. The number of hydrogen-bond acceptors (Lipinski definition) is 8. The number of aryl methyl sites for hydroxylation is 3. The number of ether oxygens (including phenoxy) is 2. The van der Waals surface area contributed by atoms with Crippen LogP contribution in [-0.2, 0) is 4.74 Å². The summed E-state index contributed by atoms with van der Waals surface area (Å²) in [6, 6.07) is 10.2. The second-order valence-corrected chi connectivity index (χ2v) is 10.2. The number of thiazole rings is 1. The first-order valence-corrected chi connectivity index (χ1v) is 13.4. The van der Waals surface area contributed by atoms with Gasteiger partial charge in [0.1, 0.15) is 16.2 Å². The number of rotatable bonds is 7. The van der Waals surface area contributed by atoms with Gasteiger partial charge in [-0.3, -0.25) is 14.5 Å². The Morgan fingerprint density at radius 3 is 2.66 bits per heavy atom. The molecule has 5 rings (SSSR count). The molecule has 0 N–H and O–H groups in total. The van der Waals surface area contributed by atoms with Gasteiger partial charge in [-0.25, -0.2) is 9.78 Å². The van der Waals surface area contributed by atoms with Gasteiger partial charge in [-0.05, 0) is 69.0 Å². The number of amides is 1. The summed E-state index contributed by atoms with van der Waals surface area (Å²) in [5.74, 6) is -0.393. The highest BCUT2D eigenvalue weighted by atomic mass is 32.1. The highest BCUT2D eigenvalue weighted by molar-refractivity contribution is 7.17. The van der Waals surface area contributed by atoms with E-state index in [-0.39, 0.29) is 28.5 Å². The number of carbonyl (C=O) groups is 2. The molecule has 2 aromatic carbocycles. The monoisotopic (exact) mass is 532 g/mol. The first-order valence-electron chi connectivity index (χ1n) is 12.5. The molecule has 0 aliphatic carbocycles. The number of fused-ring (bicyclic) bond motifs is 2.